The maximum absolute atomic E-state index is 12.5. The van der Waals surface area contributed by atoms with Gasteiger partial charge >= 0.3 is 19.8 Å². The normalized spacial score (nSPS) is 25.4. The van der Waals surface area contributed by atoms with E-state index in [9.17, 15) is 44.6 Å². The van der Waals surface area contributed by atoms with Crippen LogP contribution in [0.5, 0.6) is 0 Å². The van der Waals surface area contributed by atoms with Crippen molar-refractivity contribution in [2.45, 2.75) is 172 Å². The van der Waals surface area contributed by atoms with Crippen LogP contribution in [0.1, 0.15) is 129 Å². The summed E-state index contributed by atoms with van der Waals surface area (Å²) >= 11 is 0. The van der Waals surface area contributed by atoms with Gasteiger partial charge in [-0.15, -0.1) is 0 Å². The van der Waals surface area contributed by atoms with Gasteiger partial charge in [0.1, 0.15) is 43.2 Å². The van der Waals surface area contributed by atoms with E-state index in [2.05, 4.69) is 6.92 Å². The molecule has 45 heavy (non-hydrogen) atoms. The lowest BCUT2D eigenvalue weighted by atomic mass is 9.85. The van der Waals surface area contributed by atoms with Crippen LogP contribution in [0.25, 0.3) is 0 Å². The molecule has 14 heteroatoms. The van der Waals surface area contributed by atoms with Gasteiger partial charge in [-0.2, -0.15) is 0 Å². The highest BCUT2D eigenvalue weighted by Crippen LogP contribution is 2.47. The SMILES string of the molecule is CCCCCCCCCCCCCCCCCC(=O)OC(COC(=O)CCC)COP(=O)(O)OC1C(O)C(O)C(O)C(O)C1O. The number of hydrogen-bond acceptors (Lipinski definition) is 12. The first-order valence-corrected chi connectivity index (χ1v) is 18.3. The lowest BCUT2D eigenvalue weighted by molar-refractivity contribution is -0.220. The van der Waals surface area contributed by atoms with E-state index in [0.29, 0.717) is 12.8 Å². The van der Waals surface area contributed by atoms with Gasteiger partial charge in [-0.3, -0.25) is 18.6 Å². The lowest BCUT2D eigenvalue weighted by Gasteiger charge is -2.41. The Morgan fingerprint density at radius 1 is 0.600 bits per heavy atom. The molecule has 1 saturated carbocycles. The van der Waals surface area contributed by atoms with Crippen molar-refractivity contribution in [1.29, 1.82) is 0 Å². The molecule has 13 nitrogen and oxygen atoms in total. The van der Waals surface area contributed by atoms with E-state index in [1.54, 1.807) is 6.92 Å². The molecule has 0 amide bonds. The molecule has 1 fully saturated rings. The molecule has 0 radical (unpaired) electrons. The van der Waals surface area contributed by atoms with Crippen molar-refractivity contribution >= 4 is 19.8 Å². The smallest absolute Gasteiger partial charge is 0.462 e. The van der Waals surface area contributed by atoms with Crippen molar-refractivity contribution < 1.29 is 63.1 Å². The van der Waals surface area contributed by atoms with E-state index >= 15 is 0 Å². The number of unbranched alkanes of at least 4 members (excludes halogenated alkanes) is 14. The Balaban J connectivity index is 2.39. The van der Waals surface area contributed by atoms with E-state index in [0.717, 1.165) is 19.3 Å². The fourth-order valence-electron chi connectivity index (χ4n) is 5.15. The zero-order valence-corrected chi connectivity index (χ0v) is 28.1. The quantitative estimate of drug-likeness (QED) is 0.0440. The van der Waals surface area contributed by atoms with Crippen LogP contribution in [0.15, 0.2) is 0 Å². The average Bonchev–Trinajstić information content (AvgIpc) is 3.00. The van der Waals surface area contributed by atoms with Crippen molar-refractivity contribution in [2.24, 2.45) is 0 Å². The van der Waals surface area contributed by atoms with Crippen molar-refractivity contribution in [3.8, 4) is 0 Å². The fraction of sp³-hybridized carbons (Fsp3) is 0.935. The first-order chi connectivity index (χ1) is 21.4. The molecule has 0 aromatic heterocycles. The van der Waals surface area contributed by atoms with Gasteiger partial charge < -0.3 is 39.9 Å². The van der Waals surface area contributed by atoms with Crippen LogP contribution in [-0.4, -0.2) is 98.3 Å². The number of aliphatic hydroxyl groups is 5. The van der Waals surface area contributed by atoms with Crippen molar-refractivity contribution in [1.82, 2.24) is 0 Å². The molecule has 6 N–H and O–H groups in total. The summed E-state index contributed by atoms with van der Waals surface area (Å²) in [4.78, 5) is 34.4. The Labute approximate surface area is 268 Å². The maximum atomic E-state index is 12.5. The third kappa shape index (κ3) is 18.1. The van der Waals surface area contributed by atoms with Crippen LogP contribution in [0.2, 0.25) is 0 Å². The summed E-state index contributed by atoms with van der Waals surface area (Å²) in [5, 5.41) is 49.4. The Kier molecular flexibility index (Phi) is 22.4. The van der Waals surface area contributed by atoms with Crippen molar-refractivity contribution in [3.05, 3.63) is 0 Å². The molecule has 0 heterocycles. The van der Waals surface area contributed by atoms with Crippen LogP contribution in [0, 0.1) is 0 Å². The molecule has 0 spiro atoms. The molecule has 0 aromatic rings. The molecule has 0 saturated heterocycles. The largest absolute Gasteiger partial charge is 0.472 e. The zero-order valence-electron chi connectivity index (χ0n) is 27.2. The number of carbonyl (C=O) groups excluding carboxylic acids is 2. The Morgan fingerprint density at radius 2 is 1.04 bits per heavy atom. The van der Waals surface area contributed by atoms with E-state index in [1.165, 1.54) is 70.6 Å². The lowest BCUT2D eigenvalue weighted by Crippen LogP contribution is -2.64. The Hall–Kier alpha value is -1.15. The summed E-state index contributed by atoms with van der Waals surface area (Å²) in [5.41, 5.74) is 0. The van der Waals surface area contributed by atoms with Crippen LogP contribution < -0.4 is 0 Å². The van der Waals surface area contributed by atoms with Crippen LogP contribution in [0.3, 0.4) is 0 Å². The minimum Gasteiger partial charge on any atom is -0.462 e. The highest BCUT2D eigenvalue weighted by molar-refractivity contribution is 7.47. The predicted octanol–water partition coefficient (Wildman–Crippen LogP) is 3.82. The topological polar surface area (TPSA) is 210 Å². The van der Waals surface area contributed by atoms with Gasteiger partial charge in [0.2, 0.25) is 0 Å². The number of esters is 2. The molecule has 0 aromatic carbocycles. The Bertz CT molecular complexity index is 828. The van der Waals surface area contributed by atoms with Gasteiger partial charge in [0.25, 0.3) is 0 Å². The summed E-state index contributed by atoms with van der Waals surface area (Å²) < 4.78 is 32.6. The van der Waals surface area contributed by atoms with Crippen LogP contribution in [-0.2, 0) is 32.7 Å². The molecule has 0 bridgehead atoms. The van der Waals surface area contributed by atoms with E-state index < -0.39 is 75.7 Å². The molecule has 6 unspecified atom stereocenters. The van der Waals surface area contributed by atoms with Gasteiger partial charge in [0, 0.05) is 12.8 Å². The predicted molar refractivity (Wildman–Crippen MR) is 166 cm³/mol. The van der Waals surface area contributed by atoms with Gasteiger partial charge in [-0.05, 0) is 12.8 Å². The molecule has 1 aliphatic carbocycles. The third-order valence-corrected chi connectivity index (χ3v) is 8.90. The van der Waals surface area contributed by atoms with Gasteiger partial charge in [0.05, 0.1) is 6.61 Å². The zero-order chi connectivity index (χ0) is 33.7. The molecule has 1 rings (SSSR count). The van der Waals surface area contributed by atoms with E-state index in [-0.39, 0.29) is 12.8 Å². The molecule has 0 aliphatic heterocycles. The van der Waals surface area contributed by atoms with Crippen LogP contribution in [0.4, 0.5) is 0 Å². The number of phosphoric ester groups is 1. The maximum Gasteiger partial charge on any atom is 0.472 e. The van der Waals surface area contributed by atoms with E-state index in [4.69, 9.17) is 18.5 Å². The Morgan fingerprint density at radius 3 is 1.51 bits per heavy atom. The average molecular weight is 671 g/mol. The number of aliphatic hydroxyl groups excluding tert-OH is 5. The second-order valence-corrected chi connectivity index (χ2v) is 13.4. The number of carbonyl (C=O) groups is 2. The summed E-state index contributed by atoms with van der Waals surface area (Å²) in [6.07, 6.45) is 5.37. The minimum atomic E-state index is -5.08. The summed E-state index contributed by atoms with van der Waals surface area (Å²) in [7, 11) is -5.08. The third-order valence-electron chi connectivity index (χ3n) is 7.92. The number of ether oxygens (including phenoxy) is 2. The van der Waals surface area contributed by atoms with E-state index in [1.807, 2.05) is 0 Å². The fourth-order valence-corrected chi connectivity index (χ4v) is 6.12. The molecular formula is C31H59O13P. The molecule has 1 aliphatic rings. The highest BCUT2D eigenvalue weighted by atomic mass is 31.2. The number of rotatable bonds is 26. The summed E-state index contributed by atoms with van der Waals surface area (Å²) in [6.45, 7) is 2.83. The standard InChI is InChI=1S/C31H59O13P/c1-3-5-6-7-8-9-10-11-12-13-14-15-16-17-18-20-25(33)43-23(21-41-24(32)19-4-2)22-42-45(39,40)44-31-29(37)27(35)26(34)28(36)30(31)38/h23,26-31,34-38H,3-22H2,1-2H3,(H,39,40). The minimum absolute atomic E-state index is 0.101. The van der Waals surface area contributed by atoms with Crippen molar-refractivity contribution in [3.63, 3.8) is 0 Å². The monoisotopic (exact) mass is 670 g/mol. The molecule has 6 atom stereocenters. The summed E-state index contributed by atoms with van der Waals surface area (Å²) in [6, 6.07) is 0. The number of hydrogen-bond donors (Lipinski definition) is 6. The van der Waals surface area contributed by atoms with Gasteiger partial charge in [0.15, 0.2) is 6.10 Å². The highest BCUT2D eigenvalue weighted by Gasteiger charge is 2.51. The second-order valence-electron chi connectivity index (χ2n) is 12.0. The molecular weight excluding hydrogens is 611 g/mol. The van der Waals surface area contributed by atoms with Gasteiger partial charge in [-0.1, -0.05) is 104 Å². The first-order valence-electron chi connectivity index (χ1n) is 16.8. The second kappa shape index (κ2) is 24.1. The van der Waals surface area contributed by atoms with Crippen LogP contribution >= 0.6 is 7.82 Å². The molecule has 266 valence electrons. The summed E-state index contributed by atoms with van der Waals surface area (Å²) in [5.74, 6) is -1.16. The van der Waals surface area contributed by atoms with Crippen molar-refractivity contribution in [2.75, 3.05) is 13.2 Å². The van der Waals surface area contributed by atoms with Gasteiger partial charge in [-0.25, -0.2) is 4.57 Å². The number of phosphoric acid groups is 1. The first kappa shape index (κ1) is 41.9.